The SMILES string of the molecule is O=C(O)CC1CCN(C(=O)Cn2cc([N+](=O)[O-])ccc2=O)CC1. The highest BCUT2D eigenvalue weighted by Crippen LogP contribution is 2.20. The molecule has 0 atom stereocenters. The van der Waals surface area contributed by atoms with Crippen LogP contribution in [0, 0.1) is 16.0 Å². The van der Waals surface area contributed by atoms with E-state index in [1.807, 2.05) is 0 Å². The Morgan fingerprint density at radius 3 is 2.52 bits per heavy atom. The second kappa shape index (κ2) is 7.03. The summed E-state index contributed by atoms with van der Waals surface area (Å²) in [6.07, 6.45) is 2.34. The van der Waals surface area contributed by atoms with Crippen LogP contribution in [-0.4, -0.2) is 44.5 Å². The first kappa shape index (κ1) is 16.7. The predicted molar refractivity (Wildman–Crippen MR) is 78.9 cm³/mol. The Hall–Kier alpha value is -2.71. The van der Waals surface area contributed by atoms with Crippen LogP contribution in [0.1, 0.15) is 19.3 Å². The summed E-state index contributed by atoms with van der Waals surface area (Å²) in [6.45, 7) is 0.602. The van der Waals surface area contributed by atoms with Crippen LogP contribution < -0.4 is 5.56 Å². The summed E-state index contributed by atoms with van der Waals surface area (Å²) < 4.78 is 1.02. The van der Waals surface area contributed by atoms with Crippen molar-refractivity contribution in [1.29, 1.82) is 0 Å². The average Bonchev–Trinajstić information content (AvgIpc) is 2.49. The number of carboxylic acids is 1. The fraction of sp³-hybridized carbons (Fsp3) is 0.500. The molecule has 1 fully saturated rings. The number of aromatic nitrogens is 1. The number of nitro groups is 1. The van der Waals surface area contributed by atoms with Crippen LogP contribution in [0.15, 0.2) is 23.1 Å². The lowest BCUT2D eigenvalue weighted by Gasteiger charge is -2.31. The van der Waals surface area contributed by atoms with Gasteiger partial charge in [0.15, 0.2) is 0 Å². The number of pyridine rings is 1. The fourth-order valence-corrected chi connectivity index (χ4v) is 2.63. The Morgan fingerprint density at radius 1 is 1.30 bits per heavy atom. The van der Waals surface area contributed by atoms with Gasteiger partial charge < -0.3 is 10.0 Å². The molecule has 0 radical (unpaired) electrons. The van der Waals surface area contributed by atoms with Crippen LogP contribution in [0.2, 0.25) is 0 Å². The smallest absolute Gasteiger partial charge is 0.303 e. The lowest BCUT2D eigenvalue weighted by atomic mass is 9.93. The highest BCUT2D eigenvalue weighted by atomic mass is 16.6. The Balaban J connectivity index is 1.98. The lowest BCUT2D eigenvalue weighted by Crippen LogP contribution is -2.41. The summed E-state index contributed by atoms with van der Waals surface area (Å²) in [5.74, 6) is -1.10. The van der Waals surface area contributed by atoms with Gasteiger partial charge in [-0.1, -0.05) is 0 Å². The Bertz CT molecular complexity index is 675. The van der Waals surface area contributed by atoms with E-state index in [4.69, 9.17) is 5.11 Å². The third-order valence-corrected chi connectivity index (χ3v) is 3.91. The van der Waals surface area contributed by atoms with Gasteiger partial charge in [-0.15, -0.1) is 0 Å². The highest BCUT2D eigenvalue weighted by Gasteiger charge is 2.24. The zero-order chi connectivity index (χ0) is 17.0. The van der Waals surface area contributed by atoms with E-state index < -0.39 is 16.5 Å². The van der Waals surface area contributed by atoms with E-state index in [0.29, 0.717) is 25.9 Å². The van der Waals surface area contributed by atoms with Crippen LogP contribution in [0.5, 0.6) is 0 Å². The first-order valence-corrected chi connectivity index (χ1v) is 7.21. The zero-order valence-corrected chi connectivity index (χ0v) is 12.4. The number of rotatable bonds is 5. The van der Waals surface area contributed by atoms with Crippen molar-refractivity contribution in [1.82, 2.24) is 9.47 Å². The molecule has 0 bridgehead atoms. The molecule has 124 valence electrons. The summed E-state index contributed by atoms with van der Waals surface area (Å²) in [7, 11) is 0. The molecule has 1 aromatic rings. The average molecular weight is 323 g/mol. The van der Waals surface area contributed by atoms with E-state index in [-0.39, 0.29) is 30.5 Å². The molecule has 0 aromatic carbocycles. The van der Waals surface area contributed by atoms with Gasteiger partial charge >= 0.3 is 5.97 Å². The Labute approximate surface area is 131 Å². The Morgan fingerprint density at radius 2 is 1.96 bits per heavy atom. The van der Waals surface area contributed by atoms with Crippen molar-refractivity contribution >= 4 is 17.6 Å². The topological polar surface area (TPSA) is 123 Å². The number of carbonyl (C=O) groups excluding carboxylic acids is 1. The monoisotopic (exact) mass is 323 g/mol. The molecule has 0 aliphatic carbocycles. The summed E-state index contributed by atoms with van der Waals surface area (Å²) in [4.78, 5) is 46.2. The molecule has 0 unspecified atom stereocenters. The molecule has 23 heavy (non-hydrogen) atoms. The lowest BCUT2D eigenvalue weighted by molar-refractivity contribution is -0.385. The molecule has 1 aliphatic heterocycles. The largest absolute Gasteiger partial charge is 0.481 e. The maximum absolute atomic E-state index is 12.2. The maximum Gasteiger partial charge on any atom is 0.303 e. The molecule has 2 heterocycles. The van der Waals surface area contributed by atoms with Crippen LogP contribution in [0.4, 0.5) is 5.69 Å². The van der Waals surface area contributed by atoms with Crippen LogP contribution in [-0.2, 0) is 16.1 Å². The van der Waals surface area contributed by atoms with Gasteiger partial charge in [-0.25, -0.2) is 0 Å². The molecule has 0 saturated carbocycles. The molecule has 2 rings (SSSR count). The van der Waals surface area contributed by atoms with Gasteiger partial charge in [0.1, 0.15) is 6.54 Å². The van der Waals surface area contributed by atoms with Gasteiger partial charge in [0.05, 0.1) is 11.1 Å². The van der Waals surface area contributed by atoms with Crippen molar-refractivity contribution in [3.05, 3.63) is 38.8 Å². The maximum atomic E-state index is 12.2. The molecule has 1 aliphatic rings. The standard InChI is InChI=1S/C14H17N3O6/c18-12-2-1-11(17(22)23)8-16(12)9-13(19)15-5-3-10(4-6-15)7-14(20)21/h1-2,8,10H,3-7,9H2,(H,20,21). The van der Waals surface area contributed by atoms with Crippen molar-refractivity contribution in [3.63, 3.8) is 0 Å². The minimum atomic E-state index is -0.849. The van der Waals surface area contributed by atoms with Gasteiger partial charge in [0.25, 0.3) is 11.2 Å². The molecule has 9 heteroatoms. The van der Waals surface area contributed by atoms with Gasteiger partial charge in [0.2, 0.25) is 5.91 Å². The number of nitrogens with zero attached hydrogens (tertiary/aromatic N) is 3. The van der Waals surface area contributed by atoms with Crippen molar-refractivity contribution < 1.29 is 19.6 Å². The van der Waals surface area contributed by atoms with E-state index in [9.17, 15) is 24.5 Å². The van der Waals surface area contributed by atoms with Gasteiger partial charge in [-0.05, 0) is 18.8 Å². The fourth-order valence-electron chi connectivity index (χ4n) is 2.63. The summed E-state index contributed by atoms with van der Waals surface area (Å²) >= 11 is 0. The quantitative estimate of drug-likeness (QED) is 0.620. The zero-order valence-electron chi connectivity index (χ0n) is 12.4. The third kappa shape index (κ3) is 4.38. The first-order valence-electron chi connectivity index (χ1n) is 7.21. The van der Waals surface area contributed by atoms with Gasteiger partial charge in [-0.2, -0.15) is 0 Å². The van der Waals surface area contributed by atoms with Crippen LogP contribution in [0.3, 0.4) is 0 Å². The summed E-state index contributed by atoms with van der Waals surface area (Å²) in [5.41, 5.74) is -0.734. The number of piperidine rings is 1. The number of hydrogen-bond donors (Lipinski definition) is 1. The molecule has 0 spiro atoms. The van der Waals surface area contributed by atoms with E-state index in [1.165, 1.54) is 0 Å². The second-order valence-electron chi connectivity index (χ2n) is 5.53. The predicted octanol–water partition coefficient (Wildman–Crippen LogP) is 0.470. The first-order chi connectivity index (χ1) is 10.9. The highest BCUT2D eigenvalue weighted by molar-refractivity contribution is 5.76. The van der Waals surface area contributed by atoms with Crippen molar-refractivity contribution in [2.24, 2.45) is 5.92 Å². The van der Waals surface area contributed by atoms with E-state index in [1.54, 1.807) is 4.90 Å². The molecule has 1 N–H and O–H groups in total. The van der Waals surface area contributed by atoms with Crippen molar-refractivity contribution in [3.8, 4) is 0 Å². The molecular formula is C14H17N3O6. The van der Waals surface area contributed by atoms with Gasteiger partial charge in [-0.3, -0.25) is 29.1 Å². The van der Waals surface area contributed by atoms with Crippen molar-refractivity contribution in [2.75, 3.05) is 13.1 Å². The van der Waals surface area contributed by atoms with Gasteiger partial charge in [0, 0.05) is 31.6 Å². The molecule has 1 amide bonds. The van der Waals surface area contributed by atoms with E-state index >= 15 is 0 Å². The number of carboxylic acid groups (broad SMARTS) is 1. The van der Waals surface area contributed by atoms with Crippen molar-refractivity contribution in [2.45, 2.75) is 25.8 Å². The molecule has 9 nitrogen and oxygen atoms in total. The number of likely N-dealkylation sites (tertiary alicyclic amines) is 1. The minimum Gasteiger partial charge on any atom is -0.481 e. The molecular weight excluding hydrogens is 306 g/mol. The van der Waals surface area contributed by atoms with E-state index in [2.05, 4.69) is 0 Å². The minimum absolute atomic E-state index is 0.0529. The number of hydrogen-bond acceptors (Lipinski definition) is 5. The molecule has 1 aromatic heterocycles. The molecule has 1 saturated heterocycles. The third-order valence-electron chi connectivity index (χ3n) is 3.91. The van der Waals surface area contributed by atoms with Crippen LogP contribution >= 0.6 is 0 Å². The Kier molecular flexibility index (Phi) is 5.09. The second-order valence-corrected chi connectivity index (χ2v) is 5.53. The number of amides is 1. The van der Waals surface area contributed by atoms with E-state index in [0.717, 1.165) is 22.9 Å². The van der Waals surface area contributed by atoms with Crippen LogP contribution in [0.25, 0.3) is 0 Å². The normalized spacial score (nSPS) is 15.4. The number of carbonyl (C=O) groups is 2. The number of aliphatic carboxylic acids is 1. The summed E-state index contributed by atoms with van der Waals surface area (Å²) in [6, 6.07) is 2.16. The summed E-state index contributed by atoms with van der Waals surface area (Å²) in [5, 5.41) is 19.5.